The number of carbonyl (C=O) groups excluding carboxylic acids is 2. The number of hydrogen-bond acceptors (Lipinski definition) is 6. The highest BCUT2D eigenvalue weighted by Crippen LogP contribution is 2.14. The van der Waals surface area contributed by atoms with Crippen molar-refractivity contribution in [2.45, 2.75) is 19.4 Å². The maximum Gasteiger partial charge on any atom is 0.316 e. The van der Waals surface area contributed by atoms with Gasteiger partial charge < -0.3 is 9.47 Å². The lowest BCUT2D eigenvalue weighted by molar-refractivity contribution is -0.525. The van der Waals surface area contributed by atoms with Crippen LogP contribution < -0.4 is 0 Å². The van der Waals surface area contributed by atoms with Gasteiger partial charge in [-0.2, -0.15) is 0 Å². The zero-order chi connectivity index (χ0) is 12.0. The van der Waals surface area contributed by atoms with E-state index >= 15 is 0 Å². The average molecular weight is 219 g/mol. The molecule has 0 spiro atoms. The van der Waals surface area contributed by atoms with Crippen LogP contribution >= 0.6 is 0 Å². The van der Waals surface area contributed by atoms with Crippen molar-refractivity contribution in [3.05, 3.63) is 10.1 Å². The molecule has 0 aromatic rings. The van der Waals surface area contributed by atoms with Gasteiger partial charge in [-0.3, -0.25) is 19.7 Å². The third-order valence-corrected chi connectivity index (χ3v) is 2.03. The number of methoxy groups -OCH3 is 2. The van der Waals surface area contributed by atoms with Crippen LogP contribution in [0, 0.1) is 16.0 Å². The van der Waals surface area contributed by atoms with Gasteiger partial charge in [-0.15, -0.1) is 0 Å². The Morgan fingerprint density at radius 3 is 2.20 bits per heavy atom. The highest BCUT2D eigenvalue weighted by Gasteiger charge is 2.36. The molecule has 0 aliphatic heterocycles. The lowest BCUT2D eigenvalue weighted by atomic mass is 9.98. The number of nitro groups is 1. The van der Waals surface area contributed by atoms with Crippen molar-refractivity contribution in [1.82, 2.24) is 0 Å². The van der Waals surface area contributed by atoms with Gasteiger partial charge >= 0.3 is 11.9 Å². The zero-order valence-corrected chi connectivity index (χ0v) is 8.76. The number of hydrogen-bond donors (Lipinski definition) is 0. The molecule has 15 heavy (non-hydrogen) atoms. The van der Waals surface area contributed by atoms with E-state index in [0.29, 0.717) is 0 Å². The molecule has 0 heterocycles. The van der Waals surface area contributed by atoms with Gasteiger partial charge in [-0.25, -0.2) is 0 Å². The Kier molecular flexibility index (Phi) is 5.29. The summed E-state index contributed by atoms with van der Waals surface area (Å²) in [5.41, 5.74) is 0. The van der Waals surface area contributed by atoms with Crippen LogP contribution in [0.25, 0.3) is 0 Å². The van der Waals surface area contributed by atoms with Crippen LogP contribution in [0.5, 0.6) is 0 Å². The molecule has 7 nitrogen and oxygen atoms in total. The van der Waals surface area contributed by atoms with Crippen molar-refractivity contribution in [2.75, 3.05) is 14.2 Å². The second-order valence-electron chi connectivity index (χ2n) is 2.94. The topological polar surface area (TPSA) is 95.7 Å². The van der Waals surface area contributed by atoms with Crippen LogP contribution in [0.3, 0.4) is 0 Å². The summed E-state index contributed by atoms with van der Waals surface area (Å²) in [6, 6.07) is -1.18. The molecule has 86 valence electrons. The Bertz CT molecular complexity index is 264. The number of esters is 2. The van der Waals surface area contributed by atoms with Gasteiger partial charge in [0.05, 0.1) is 20.6 Å². The molecule has 7 heteroatoms. The maximum absolute atomic E-state index is 11.2. The predicted molar refractivity (Wildman–Crippen MR) is 48.6 cm³/mol. The molecule has 0 saturated heterocycles. The first-order valence-electron chi connectivity index (χ1n) is 4.22. The molecular formula is C8H13NO6. The minimum absolute atomic E-state index is 0.356. The molecular weight excluding hydrogens is 206 g/mol. The molecule has 0 aromatic carbocycles. The standard InChI is InChI=1S/C8H13NO6/c1-5(9(12)13)6(8(11)15-3)4-7(10)14-2/h5-6H,4H2,1-3H3. The molecule has 0 fully saturated rings. The van der Waals surface area contributed by atoms with Gasteiger partial charge in [-0.1, -0.05) is 0 Å². The summed E-state index contributed by atoms with van der Waals surface area (Å²) in [7, 11) is 2.26. The van der Waals surface area contributed by atoms with Crippen LogP contribution in [0.1, 0.15) is 13.3 Å². The predicted octanol–water partition coefficient (Wildman–Crippen LogP) is 0.00390. The van der Waals surface area contributed by atoms with Crippen molar-refractivity contribution in [3.63, 3.8) is 0 Å². The SMILES string of the molecule is COC(=O)CC(C(=O)OC)C(C)[N+](=O)[O-]. The fourth-order valence-corrected chi connectivity index (χ4v) is 1.01. The van der Waals surface area contributed by atoms with Crippen LogP contribution in [-0.4, -0.2) is 37.1 Å². The maximum atomic E-state index is 11.2. The van der Waals surface area contributed by atoms with Crippen LogP contribution in [0.2, 0.25) is 0 Å². The first kappa shape index (κ1) is 13.3. The van der Waals surface area contributed by atoms with E-state index in [2.05, 4.69) is 9.47 Å². The third kappa shape index (κ3) is 3.92. The van der Waals surface area contributed by atoms with Crippen molar-refractivity contribution in [2.24, 2.45) is 5.92 Å². The van der Waals surface area contributed by atoms with E-state index in [1.807, 2.05) is 0 Å². The zero-order valence-electron chi connectivity index (χ0n) is 8.76. The Hall–Kier alpha value is -1.66. The molecule has 0 aromatic heterocycles. The summed E-state index contributed by atoms with van der Waals surface area (Å²) in [4.78, 5) is 31.9. The quantitative estimate of drug-likeness (QED) is 0.367. The summed E-state index contributed by atoms with van der Waals surface area (Å²) in [6.45, 7) is 1.24. The first-order valence-corrected chi connectivity index (χ1v) is 4.22. The first-order chi connectivity index (χ1) is 6.93. The monoisotopic (exact) mass is 219 g/mol. The lowest BCUT2D eigenvalue weighted by Gasteiger charge is -2.14. The Balaban J connectivity index is 4.65. The average Bonchev–Trinajstić information content (AvgIpc) is 2.23. The highest BCUT2D eigenvalue weighted by atomic mass is 16.6. The summed E-state index contributed by atoms with van der Waals surface area (Å²) < 4.78 is 8.71. The van der Waals surface area contributed by atoms with Gasteiger partial charge in [0.2, 0.25) is 6.04 Å². The fourth-order valence-electron chi connectivity index (χ4n) is 1.01. The van der Waals surface area contributed by atoms with Gasteiger partial charge in [0.1, 0.15) is 5.92 Å². The van der Waals surface area contributed by atoms with Gasteiger partial charge in [0, 0.05) is 11.8 Å². The van der Waals surface area contributed by atoms with E-state index < -0.39 is 28.8 Å². The highest BCUT2D eigenvalue weighted by molar-refractivity contribution is 5.80. The lowest BCUT2D eigenvalue weighted by Crippen LogP contribution is -2.35. The normalized spacial score (nSPS) is 13.8. The molecule has 0 aliphatic carbocycles. The van der Waals surface area contributed by atoms with Crippen molar-refractivity contribution in [1.29, 1.82) is 0 Å². The Labute approximate surface area is 86.5 Å². The molecule has 0 rings (SSSR count). The molecule has 0 aliphatic rings. The molecule has 2 unspecified atom stereocenters. The fraction of sp³-hybridized carbons (Fsp3) is 0.750. The largest absolute Gasteiger partial charge is 0.469 e. The van der Waals surface area contributed by atoms with E-state index in [0.717, 1.165) is 14.2 Å². The van der Waals surface area contributed by atoms with Crippen molar-refractivity contribution >= 4 is 11.9 Å². The van der Waals surface area contributed by atoms with Gasteiger partial charge in [0.25, 0.3) is 0 Å². The summed E-state index contributed by atoms with van der Waals surface area (Å²) in [5.74, 6) is -2.58. The second kappa shape index (κ2) is 5.94. The van der Waals surface area contributed by atoms with E-state index in [-0.39, 0.29) is 6.42 Å². The number of carbonyl (C=O) groups is 2. The summed E-state index contributed by atoms with van der Waals surface area (Å²) in [6.07, 6.45) is -0.356. The number of nitrogens with zero attached hydrogens (tertiary/aromatic N) is 1. The van der Waals surface area contributed by atoms with Crippen molar-refractivity contribution in [3.8, 4) is 0 Å². The molecule has 0 N–H and O–H groups in total. The number of rotatable bonds is 5. The van der Waals surface area contributed by atoms with Crippen molar-refractivity contribution < 1.29 is 24.0 Å². The van der Waals surface area contributed by atoms with E-state index in [1.54, 1.807) is 0 Å². The smallest absolute Gasteiger partial charge is 0.316 e. The van der Waals surface area contributed by atoms with Crippen LogP contribution in [0.15, 0.2) is 0 Å². The van der Waals surface area contributed by atoms with Gasteiger partial charge in [0.15, 0.2) is 0 Å². The van der Waals surface area contributed by atoms with E-state index in [9.17, 15) is 19.7 Å². The molecule has 0 bridgehead atoms. The molecule has 0 amide bonds. The minimum atomic E-state index is -1.18. The Morgan fingerprint density at radius 1 is 1.33 bits per heavy atom. The Morgan fingerprint density at radius 2 is 1.87 bits per heavy atom. The minimum Gasteiger partial charge on any atom is -0.469 e. The van der Waals surface area contributed by atoms with E-state index in [4.69, 9.17) is 0 Å². The van der Waals surface area contributed by atoms with Crippen LogP contribution in [-0.2, 0) is 19.1 Å². The summed E-state index contributed by atoms with van der Waals surface area (Å²) >= 11 is 0. The summed E-state index contributed by atoms with van der Waals surface area (Å²) in [5, 5.41) is 10.5. The van der Waals surface area contributed by atoms with Crippen LogP contribution in [0.4, 0.5) is 0 Å². The third-order valence-electron chi connectivity index (χ3n) is 2.03. The molecule has 0 saturated carbocycles. The number of ether oxygens (including phenoxy) is 2. The second-order valence-corrected chi connectivity index (χ2v) is 2.94. The molecule has 0 radical (unpaired) electrons. The van der Waals surface area contributed by atoms with Gasteiger partial charge in [-0.05, 0) is 0 Å². The van der Waals surface area contributed by atoms with E-state index in [1.165, 1.54) is 6.92 Å². The molecule has 2 atom stereocenters.